The molecule has 0 radical (unpaired) electrons. The summed E-state index contributed by atoms with van der Waals surface area (Å²) in [5, 5.41) is 2.95. The van der Waals surface area contributed by atoms with Crippen molar-refractivity contribution in [3.8, 4) is 11.5 Å². The highest BCUT2D eigenvalue weighted by Crippen LogP contribution is 2.29. The van der Waals surface area contributed by atoms with Crippen molar-refractivity contribution < 1.29 is 22.7 Å². The number of nitrogens with zero attached hydrogens (tertiary/aromatic N) is 1. The Hall–Kier alpha value is -3.52. The van der Waals surface area contributed by atoms with Crippen molar-refractivity contribution in [3.05, 3.63) is 89.5 Å². The molecule has 0 unspecified atom stereocenters. The number of carbonyl (C=O) groups is 1. The van der Waals surface area contributed by atoms with Gasteiger partial charge in [0.25, 0.3) is 5.91 Å². The van der Waals surface area contributed by atoms with Gasteiger partial charge in [-0.3, -0.25) is 9.10 Å². The number of methoxy groups -OCH3 is 2. The third-order valence-corrected chi connectivity index (χ3v) is 6.38. The van der Waals surface area contributed by atoms with Gasteiger partial charge in [-0.1, -0.05) is 30.3 Å². The minimum absolute atomic E-state index is 0.206. The fourth-order valence-corrected chi connectivity index (χ4v) is 4.35. The molecule has 1 atom stereocenters. The van der Waals surface area contributed by atoms with Crippen LogP contribution in [0.4, 0.5) is 5.69 Å². The number of benzene rings is 3. The first-order chi connectivity index (χ1) is 15.7. The van der Waals surface area contributed by atoms with Gasteiger partial charge in [-0.05, 0) is 55.0 Å². The topological polar surface area (TPSA) is 84.9 Å². The van der Waals surface area contributed by atoms with Crippen LogP contribution < -0.4 is 19.1 Å². The van der Waals surface area contributed by atoms with Crippen molar-refractivity contribution in [1.29, 1.82) is 0 Å². The molecule has 0 aliphatic rings. The van der Waals surface area contributed by atoms with Crippen molar-refractivity contribution in [2.75, 3.05) is 24.8 Å². The first-order valence-electron chi connectivity index (χ1n) is 10.4. The predicted octanol–water partition coefficient (Wildman–Crippen LogP) is 4.16. The lowest BCUT2D eigenvalue weighted by Gasteiger charge is -2.23. The van der Waals surface area contributed by atoms with Crippen LogP contribution in [0.5, 0.6) is 11.5 Å². The van der Waals surface area contributed by atoms with Crippen LogP contribution in [0.25, 0.3) is 0 Å². The molecule has 1 amide bonds. The molecule has 0 saturated heterocycles. The third kappa shape index (κ3) is 6.04. The molecule has 174 valence electrons. The second-order valence-corrected chi connectivity index (χ2v) is 9.51. The molecule has 0 bridgehead atoms. The molecule has 0 spiro atoms. The second-order valence-electron chi connectivity index (χ2n) is 7.61. The fourth-order valence-electron chi connectivity index (χ4n) is 3.46. The smallest absolute Gasteiger partial charge is 0.251 e. The molecule has 0 aliphatic heterocycles. The molecular weight excluding hydrogens is 440 g/mol. The highest BCUT2D eigenvalue weighted by atomic mass is 32.2. The summed E-state index contributed by atoms with van der Waals surface area (Å²) in [5.41, 5.74) is 2.56. The van der Waals surface area contributed by atoms with Gasteiger partial charge in [-0.2, -0.15) is 0 Å². The molecule has 7 nitrogen and oxygen atoms in total. The summed E-state index contributed by atoms with van der Waals surface area (Å²) in [6, 6.07) is 20.9. The van der Waals surface area contributed by atoms with E-state index in [4.69, 9.17) is 9.47 Å². The molecule has 3 rings (SSSR count). The highest BCUT2D eigenvalue weighted by Gasteiger charge is 2.20. The van der Waals surface area contributed by atoms with Gasteiger partial charge in [0, 0.05) is 11.1 Å². The van der Waals surface area contributed by atoms with Crippen LogP contribution in [0.1, 0.15) is 34.5 Å². The van der Waals surface area contributed by atoms with Crippen molar-refractivity contribution in [1.82, 2.24) is 5.32 Å². The highest BCUT2D eigenvalue weighted by molar-refractivity contribution is 7.92. The minimum Gasteiger partial charge on any atom is -0.497 e. The maximum absolute atomic E-state index is 12.8. The quantitative estimate of drug-likeness (QED) is 0.510. The summed E-state index contributed by atoms with van der Waals surface area (Å²) in [5.74, 6) is 1.02. The summed E-state index contributed by atoms with van der Waals surface area (Å²) in [6.45, 7) is 2.06. The number of hydrogen-bond acceptors (Lipinski definition) is 5. The molecule has 8 heteroatoms. The van der Waals surface area contributed by atoms with Crippen molar-refractivity contribution in [2.24, 2.45) is 0 Å². The molecule has 0 aromatic heterocycles. The first-order valence-corrected chi connectivity index (χ1v) is 12.2. The van der Waals surface area contributed by atoms with Crippen molar-refractivity contribution in [2.45, 2.75) is 19.5 Å². The SMILES string of the molecule is COc1ccc(OC)c([C@H](C)NC(=O)c2ccc(N(Cc3ccccc3)S(C)(=O)=O)cc2)c1. The Bertz CT molecular complexity index is 1200. The first kappa shape index (κ1) is 24.1. The number of carbonyl (C=O) groups excluding carboxylic acids is 1. The molecule has 33 heavy (non-hydrogen) atoms. The van der Waals surface area contributed by atoms with Crippen LogP contribution in [0.2, 0.25) is 0 Å². The van der Waals surface area contributed by atoms with E-state index < -0.39 is 10.0 Å². The average Bonchev–Trinajstić information content (AvgIpc) is 2.82. The lowest BCUT2D eigenvalue weighted by atomic mass is 10.1. The summed E-state index contributed by atoms with van der Waals surface area (Å²) in [4.78, 5) is 12.8. The van der Waals surface area contributed by atoms with Crippen molar-refractivity contribution in [3.63, 3.8) is 0 Å². The van der Waals surface area contributed by atoms with Crippen LogP contribution in [-0.4, -0.2) is 34.8 Å². The van der Waals surface area contributed by atoms with Gasteiger partial charge in [0.2, 0.25) is 10.0 Å². The summed E-state index contributed by atoms with van der Waals surface area (Å²) >= 11 is 0. The van der Waals surface area contributed by atoms with Gasteiger partial charge in [0.15, 0.2) is 0 Å². The number of hydrogen-bond donors (Lipinski definition) is 1. The van der Waals surface area contributed by atoms with E-state index in [9.17, 15) is 13.2 Å². The number of amides is 1. The zero-order valence-corrected chi connectivity index (χ0v) is 19.9. The zero-order valence-electron chi connectivity index (χ0n) is 19.1. The van der Waals surface area contributed by atoms with E-state index in [0.717, 1.165) is 11.1 Å². The molecule has 0 heterocycles. The lowest BCUT2D eigenvalue weighted by Crippen LogP contribution is -2.29. The van der Waals surface area contributed by atoms with E-state index in [-0.39, 0.29) is 18.5 Å². The molecule has 0 aliphatic carbocycles. The molecule has 3 aromatic rings. The summed E-state index contributed by atoms with van der Waals surface area (Å²) < 4.78 is 36.8. The number of anilines is 1. The summed E-state index contributed by atoms with van der Waals surface area (Å²) in [7, 11) is -0.363. The van der Waals surface area contributed by atoms with Gasteiger partial charge in [0.1, 0.15) is 11.5 Å². The minimum atomic E-state index is -3.51. The normalized spacial score (nSPS) is 12.0. The van der Waals surface area contributed by atoms with E-state index in [2.05, 4.69) is 5.32 Å². The van der Waals surface area contributed by atoms with Gasteiger partial charge >= 0.3 is 0 Å². The Balaban J connectivity index is 1.78. The lowest BCUT2D eigenvalue weighted by molar-refractivity contribution is 0.0939. The second kappa shape index (κ2) is 10.4. The molecule has 0 fully saturated rings. The van der Waals surface area contributed by atoms with Crippen LogP contribution in [0.3, 0.4) is 0 Å². The van der Waals surface area contributed by atoms with Crippen molar-refractivity contribution >= 4 is 21.6 Å². The monoisotopic (exact) mass is 468 g/mol. The Labute approximate surface area is 195 Å². The van der Waals surface area contributed by atoms with E-state index in [1.807, 2.05) is 43.3 Å². The Morgan fingerprint density at radius 1 is 0.970 bits per heavy atom. The van der Waals surface area contributed by atoms with Gasteiger partial charge in [-0.15, -0.1) is 0 Å². The molecule has 1 N–H and O–H groups in total. The fraction of sp³-hybridized carbons (Fsp3) is 0.240. The number of ether oxygens (including phenoxy) is 2. The van der Waals surface area contributed by atoms with Gasteiger partial charge < -0.3 is 14.8 Å². The standard InChI is InChI=1S/C25H28N2O5S/c1-18(23-16-22(31-2)14-15-24(23)32-3)26-25(28)20-10-12-21(13-11-20)27(33(4,29)30)17-19-8-6-5-7-9-19/h5-16,18H,17H2,1-4H3,(H,26,28)/t18-/m0/s1. The summed E-state index contributed by atoms with van der Waals surface area (Å²) in [6.07, 6.45) is 1.17. The number of rotatable bonds is 9. The maximum atomic E-state index is 12.8. The molecular formula is C25H28N2O5S. The van der Waals surface area contributed by atoms with Crippen LogP contribution in [0, 0.1) is 0 Å². The van der Waals surface area contributed by atoms with E-state index >= 15 is 0 Å². The zero-order chi connectivity index (χ0) is 24.0. The number of sulfonamides is 1. The van der Waals surface area contributed by atoms with E-state index in [1.165, 1.54) is 10.6 Å². The molecule has 3 aromatic carbocycles. The largest absolute Gasteiger partial charge is 0.497 e. The van der Waals surface area contributed by atoms with E-state index in [1.54, 1.807) is 50.6 Å². The van der Waals surface area contributed by atoms with Crippen LogP contribution >= 0.6 is 0 Å². The Morgan fingerprint density at radius 2 is 1.64 bits per heavy atom. The van der Waals surface area contributed by atoms with Crippen LogP contribution in [0.15, 0.2) is 72.8 Å². The predicted molar refractivity (Wildman–Crippen MR) is 129 cm³/mol. The average molecular weight is 469 g/mol. The Kier molecular flexibility index (Phi) is 7.60. The van der Waals surface area contributed by atoms with Gasteiger partial charge in [-0.25, -0.2) is 8.42 Å². The number of nitrogens with one attached hydrogen (secondary N) is 1. The van der Waals surface area contributed by atoms with Gasteiger partial charge in [0.05, 0.1) is 38.7 Å². The molecule has 0 saturated carbocycles. The maximum Gasteiger partial charge on any atom is 0.251 e. The van der Waals surface area contributed by atoms with Crippen LogP contribution in [-0.2, 0) is 16.6 Å². The van der Waals surface area contributed by atoms with E-state index in [0.29, 0.717) is 22.7 Å². The third-order valence-electron chi connectivity index (χ3n) is 5.24. The Morgan fingerprint density at radius 3 is 2.21 bits per heavy atom.